The Kier molecular flexibility index (Phi) is 7.51. The first-order chi connectivity index (χ1) is 14.6. The van der Waals surface area contributed by atoms with Crippen LogP contribution in [0.25, 0.3) is 17.1 Å². The van der Waals surface area contributed by atoms with Gasteiger partial charge in [-0.05, 0) is 49.7 Å². The molecule has 0 aliphatic carbocycles. The highest BCUT2D eigenvalue weighted by Gasteiger charge is 2.15. The predicted molar refractivity (Wildman–Crippen MR) is 112 cm³/mol. The van der Waals surface area contributed by atoms with Crippen molar-refractivity contribution in [3.05, 3.63) is 54.3 Å². The first kappa shape index (κ1) is 21.4. The van der Waals surface area contributed by atoms with Gasteiger partial charge in [0.15, 0.2) is 5.82 Å². The molecule has 0 bridgehead atoms. The molecule has 1 heterocycles. The van der Waals surface area contributed by atoms with Gasteiger partial charge < -0.3 is 14.8 Å². The monoisotopic (exact) mass is 412 g/mol. The Hall–Kier alpha value is -3.26. The number of anilines is 1. The van der Waals surface area contributed by atoms with Crippen molar-refractivity contribution >= 4 is 11.6 Å². The molecule has 7 nitrogen and oxygen atoms in total. The minimum Gasteiger partial charge on any atom is -0.460 e. The first-order valence-electron chi connectivity index (χ1n) is 9.94. The van der Waals surface area contributed by atoms with E-state index >= 15 is 0 Å². The summed E-state index contributed by atoms with van der Waals surface area (Å²) < 4.78 is 26.2. The third-order valence-corrected chi connectivity index (χ3v) is 4.21. The van der Waals surface area contributed by atoms with Gasteiger partial charge in [0.25, 0.3) is 0 Å². The van der Waals surface area contributed by atoms with Crippen molar-refractivity contribution < 1.29 is 18.7 Å². The highest BCUT2D eigenvalue weighted by atomic mass is 19.1. The highest BCUT2D eigenvalue weighted by Crippen LogP contribution is 2.25. The Balaban J connectivity index is 1.87. The summed E-state index contributed by atoms with van der Waals surface area (Å²) >= 11 is 0. The van der Waals surface area contributed by atoms with Crippen LogP contribution in [0.4, 0.5) is 10.1 Å². The molecule has 1 N–H and O–H groups in total. The average Bonchev–Trinajstić information content (AvgIpc) is 3.16. The maximum atomic E-state index is 13.8. The molecule has 2 aromatic carbocycles. The number of nitrogens with one attached hydrogen (secondary N) is 1. The number of benzene rings is 2. The summed E-state index contributed by atoms with van der Waals surface area (Å²) in [5.74, 6) is 0.0509. The second kappa shape index (κ2) is 10.5. The molecule has 0 radical (unpaired) electrons. The lowest BCUT2D eigenvalue weighted by molar-refractivity contribution is -0.116. The van der Waals surface area contributed by atoms with E-state index in [4.69, 9.17) is 9.47 Å². The number of halogens is 1. The van der Waals surface area contributed by atoms with Crippen LogP contribution in [0.2, 0.25) is 0 Å². The van der Waals surface area contributed by atoms with Crippen LogP contribution in [-0.2, 0) is 9.53 Å². The predicted octanol–water partition coefficient (Wildman–Crippen LogP) is 4.23. The van der Waals surface area contributed by atoms with E-state index in [2.05, 4.69) is 15.4 Å². The summed E-state index contributed by atoms with van der Waals surface area (Å²) in [6, 6.07) is 13.5. The topological polar surface area (TPSA) is 78.3 Å². The third kappa shape index (κ3) is 5.64. The van der Waals surface area contributed by atoms with Crippen LogP contribution in [0.1, 0.15) is 26.7 Å². The van der Waals surface area contributed by atoms with Crippen LogP contribution in [0.15, 0.2) is 48.5 Å². The summed E-state index contributed by atoms with van der Waals surface area (Å²) in [5.41, 5.74) is 1.97. The minimum absolute atomic E-state index is 0.0311. The fourth-order valence-electron chi connectivity index (χ4n) is 2.82. The molecule has 0 atom stereocenters. The van der Waals surface area contributed by atoms with Gasteiger partial charge in [0.05, 0.1) is 12.3 Å². The molecule has 3 aromatic rings. The normalized spacial score (nSPS) is 10.8. The van der Waals surface area contributed by atoms with Crippen molar-refractivity contribution in [3.63, 3.8) is 0 Å². The van der Waals surface area contributed by atoms with E-state index in [0.717, 1.165) is 6.42 Å². The van der Waals surface area contributed by atoms with Crippen molar-refractivity contribution in [1.82, 2.24) is 14.8 Å². The zero-order valence-electron chi connectivity index (χ0n) is 17.1. The zero-order chi connectivity index (χ0) is 21.3. The Morgan fingerprint density at radius 2 is 1.93 bits per heavy atom. The van der Waals surface area contributed by atoms with E-state index in [9.17, 15) is 9.18 Å². The fourth-order valence-corrected chi connectivity index (χ4v) is 2.82. The quantitative estimate of drug-likeness (QED) is 0.504. The fraction of sp³-hybridized carbons (Fsp3) is 0.318. The van der Waals surface area contributed by atoms with E-state index < -0.39 is 0 Å². The van der Waals surface area contributed by atoms with E-state index in [0.29, 0.717) is 49.0 Å². The zero-order valence-corrected chi connectivity index (χ0v) is 17.1. The molecular formula is C22H25FN4O3. The molecule has 1 amide bonds. The Bertz CT molecular complexity index is 973. The lowest BCUT2D eigenvalue weighted by atomic mass is 10.2. The van der Waals surface area contributed by atoms with Crippen LogP contribution in [0, 0.1) is 5.82 Å². The van der Waals surface area contributed by atoms with Crippen LogP contribution in [0.5, 0.6) is 6.01 Å². The molecule has 0 aliphatic rings. The van der Waals surface area contributed by atoms with Gasteiger partial charge in [-0.3, -0.25) is 4.79 Å². The van der Waals surface area contributed by atoms with Gasteiger partial charge in [-0.1, -0.05) is 19.1 Å². The maximum absolute atomic E-state index is 13.8. The third-order valence-electron chi connectivity index (χ3n) is 4.21. The highest BCUT2D eigenvalue weighted by molar-refractivity contribution is 5.90. The van der Waals surface area contributed by atoms with E-state index in [-0.39, 0.29) is 17.7 Å². The Morgan fingerprint density at radius 3 is 2.63 bits per heavy atom. The summed E-state index contributed by atoms with van der Waals surface area (Å²) in [7, 11) is 0. The number of carbonyl (C=O) groups excluding carboxylic acids is 1. The van der Waals surface area contributed by atoms with Crippen LogP contribution < -0.4 is 10.1 Å². The average molecular weight is 412 g/mol. The second-order valence-electron chi connectivity index (χ2n) is 6.53. The van der Waals surface area contributed by atoms with Gasteiger partial charge in [-0.15, -0.1) is 5.10 Å². The van der Waals surface area contributed by atoms with Gasteiger partial charge in [-0.25, -0.2) is 9.07 Å². The summed E-state index contributed by atoms with van der Waals surface area (Å²) in [4.78, 5) is 16.2. The summed E-state index contributed by atoms with van der Waals surface area (Å²) in [6.45, 7) is 5.19. The maximum Gasteiger partial charge on any atom is 0.336 e. The standard InChI is InChI=1S/C22H25FN4O3/c1-3-6-20(28)24-18-9-11-19(12-10-18)27-21(16-7-5-8-17(23)15-16)25-22(26-27)30-14-13-29-4-2/h5,7-12,15H,3-4,6,13-14H2,1-2H3,(H,24,28). The van der Waals surface area contributed by atoms with E-state index in [1.54, 1.807) is 28.9 Å². The minimum atomic E-state index is -0.366. The van der Waals surface area contributed by atoms with Crippen molar-refractivity contribution in [1.29, 1.82) is 0 Å². The number of ether oxygens (including phenoxy) is 2. The molecule has 1 aromatic heterocycles. The summed E-state index contributed by atoms with van der Waals surface area (Å²) in [5, 5.41) is 7.27. The van der Waals surface area contributed by atoms with Crippen molar-refractivity contribution in [2.75, 3.05) is 25.1 Å². The Morgan fingerprint density at radius 1 is 1.13 bits per heavy atom. The van der Waals surface area contributed by atoms with Crippen molar-refractivity contribution in [2.45, 2.75) is 26.7 Å². The lowest BCUT2D eigenvalue weighted by Gasteiger charge is -2.08. The molecule has 0 unspecified atom stereocenters. The summed E-state index contributed by atoms with van der Waals surface area (Å²) in [6.07, 6.45) is 1.25. The van der Waals surface area contributed by atoms with Gasteiger partial charge in [-0.2, -0.15) is 4.98 Å². The molecule has 0 saturated carbocycles. The molecule has 0 fully saturated rings. The number of amides is 1. The number of rotatable bonds is 10. The molecule has 0 spiro atoms. The number of hydrogen-bond donors (Lipinski definition) is 1. The number of hydrogen-bond acceptors (Lipinski definition) is 5. The lowest BCUT2D eigenvalue weighted by Crippen LogP contribution is -2.10. The molecular weight excluding hydrogens is 387 g/mol. The number of nitrogens with zero attached hydrogens (tertiary/aromatic N) is 3. The first-order valence-corrected chi connectivity index (χ1v) is 9.94. The van der Waals surface area contributed by atoms with E-state index in [1.165, 1.54) is 12.1 Å². The van der Waals surface area contributed by atoms with Crippen LogP contribution >= 0.6 is 0 Å². The number of carbonyl (C=O) groups is 1. The molecule has 3 rings (SSSR count). The van der Waals surface area contributed by atoms with Crippen molar-refractivity contribution in [2.24, 2.45) is 0 Å². The smallest absolute Gasteiger partial charge is 0.336 e. The Labute approximate surface area is 174 Å². The van der Waals surface area contributed by atoms with Crippen LogP contribution in [-0.4, -0.2) is 40.5 Å². The van der Waals surface area contributed by atoms with Gasteiger partial charge in [0.1, 0.15) is 12.4 Å². The van der Waals surface area contributed by atoms with Gasteiger partial charge >= 0.3 is 6.01 Å². The molecule has 158 valence electrons. The molecule has 8 heteroatoms. The largest absolute Gasteiger partial charge is 0.460 e. The molecule has 30 heavy (non-hydrogen) atoms. The second-order valence-corrected chi connectivity index (χ2v) is 6.53. The van der Waals surface area contributed by atoms with Crippen molar-refractivity contribution in [3.8, 4) is 23.1 Å². The number of aromatic nitrogens is 3. The van der Waals surface area contributed by atoms with Gasteiger partial charge in [0.2, 0.25) is 5.91 Å². The van der Waals surface area contributed by atoms with E-state index in [1.807, 2.05) is 26.0 Å². The molecule has 0 saturated heterocycles. The van der Waals surface area contributed by atoms with Crippen LogP contribution in [0.3, 0.4) is 0 Å². The SMILES string of the molecule is CCCC(=O)Nc1ccc(-n2nc(OCCOCC)nc2-c2cccc(F)c2)cc1. The molecule has 0 aliphatic heterocycles. The van der Waals surface area contributed by atoms with Gasteiger partial charge in [0, 0.05) is 24.3 Å².